The van der Waals surface area contributed by atoms with Gasteiger partial charge in [0.05, 0.1) is 19.3 Å². The van der Waals surface area contributed by atoms with E-state index in [0.717, 1.165) is 24.6 Å². The van der Waals surface area contributed by atoms with E-state index in [9.17, 15) is 0 Å². The van der Waals surface area contributed by atoms with E-state index in [0.29, 0.717) is 12.7 Å². The topological polar surface area (TPSA) is 34.4 Å². The third-order valence-corrected chi connectivity index (χ3v) is 3.40. The molecule has 0 amide bonds. The Morgan fingerprint density at radius 3 is 2.88 bits per heavy atom. The minimum Gasteiger partial charge on any atom is -0.465 e. The molecule has 96 valence electrons. The minimum absolute atomic E-state index is 0.474. The lowest BCUT2D eigenvalue weighted by Gasteiger charge is -2.09. The largest absolute Gasteiger partial charge is 0.465 e. The molecule has 0 spiro atoms. The first-order valence-corrected chi connectivity index (χ1v) is 6.70. The van der Waals surface area contributed by atoms with Crippen molar-refractivity contribution in [2.75, 3.05) is 6.54 Å². The molecule has 0 bridgehead atoms. The van der Waals surface area contributed by atoms with Crippen LogP contribution in [0.15, 0.2) is 10.5 Å². The number of rotatable bonds is 6. The fraction of sp³-hybridized carbons (Fsp3) is 0.714. The molecule has 1 N–H and O–H groups in total. The van der Waals surface area contributed by atoms with Crippen molar-refractivity contribution < 1.29 is 9.15 Å². The summed E-state index contributed by atoms with van der Waals surface area (Å²) in [7, 11) is 0. The summed E-state index contributed by atoms with van der Waals surface area (Å²) in [6.07, 6.45) is 5.56. The summed E-state index contributed by atoms with van der Waals surface area (Å²) in [6.45, 7) is 6.59. The lowest BCUT2D eigenvalue weighted by molar-refractivity contribution is 0.0451. The maximum absolute atomic E-state index is 5.91. The molecular weight excluding hydrogens is 214 g/mol. The quantitative estimate of drug-likeness (QED) is 0.825. The van der Waals surface area contributed by atoms with Gasteiger partial charge in [-0.2, -0.15) is 0 Å². The maximum Gasteiger partial charge on any atom is 0.118 e. The van der Waals surface area contributed by atoms with Crippen molar-refractivity contribution in [3.63, 3.8) is 0 Å². The molecule has 0 aliphatic heterocycles. The summed E-state index contributed by atoms with van der Waals surface area (Å²) in [4.78, 5) is 0. The molecule has 0 saturated heterocycles. The highest BCUT2D eigenvalue weighted by atomic mass is 16.5. The zero-order valence-electron chi connectivity index (χ0n) is 10.9. The van der Waals surface area contributed by atoms with Crippen LogP contribution in [0, 0.1) is 6.92 Å². The first kappa shape index (κ1) is 12.7. The first-order chi connectivity index (χ1) is 8.29. The van der Waals surface area contributed by atoms with Crippen LogP contribution < -0.4 is 5.32 Å². The van der Waals surface area contributed by atoms with Crippen molar-refractivity contribution in [2.24, 2.45) is 0 Å². The van der Waals surface area contributed by atoms with E-state index in [1.54, 1.807) is 0 Å². The van der Waals surface area contributed by atoms with Crippen molar-refractivity contribution in [1.82, 2.24) is 5.32 Å². The van der Waals surface area contributed by atoms with Crippen LogP contribution in [0.4, 0.5) is 0 Å². The molecule has 1 aromatic heterocycles. The number of ether oxygens (including phenoxy) is 1. The summed E-state index contributed by atoms with van der Waals surface area (Å²) in [5.41, 5.74) is 1.20. The molecule has 0 aromatic carbocycles. The normalized spacial score (nSPS) is 16.8. The molecule has 3 heteroatoms. The molecule has 0 radical (unpaired) electrons. The van der Waals surface area contributed by atoms with E-state index in [4.69, 9.17) is 9.15 Å². The smallest absolute Gasteiger partial charge is 0.118 e. The van der Waals surface area contributed by atoms with Gasteiger partial charge in [-0.05, 0) is 32.4 Å². The average molecular weight is 237 g/mol. The third kappa shape index (κ3) is 3.58. The Kier molecular flexibility index (Phi) is 4.63. The lowest BCUT2D eigenvalue weighted by Crippen LogP contribution is -2.10. The fourth-order valence-corrected chi connectivity index (χ4v) is 2.33. The van der Waals surface area contributed by atoms with E-state index in [2.05, 4.69) is 18.3 Å². The molecule has 1 fully saturated rings. The number of nitrogens with one attached hydrogen (secondary N) is 1. The monoisotopic (exact) mass is 237 g/mol. The highest BCUT2D eigenvalue weighted by Gasteiger charge is 2.16. The van der Waals surface area contributed by atoms with Crippen LogP contribution in [0.1, 0.15) is 49.7 Å². The molecule has 1 aliphatic rings. The summed E-state index contributed by atoms with van der Waals surface area (Å²) in [6, 6.07) is 2.12. The van der Waals surface area contributed by atoms with Gasteiger partial charge in [-0.1, -0.05) is 19.8 Å². The predicted molar refractivity (Wildman–Crippen MR) is 67.9 cm³/mol. The average Bonchev–Trinajstić information content (AvgIpc) is 2.93. The Labute approximate surface area is 104 Å². The first-order valence-electron chi connectivity index (χ1n) is 6.70. The number of hydrogen-bond donors (Lipinski definition) is 1. The van der Waals surface area contributed by atoms with Gasteiger partial charge >= 0.3 is 0 Å². The van der Waals surface area contributed by atoms with E-state index in [-0.39, 0.29) is 0 Å². The van der Waals surface area contributed by atoms with Crippen molar-refractivity contribution in [2.45, 2.75) is 58.8 Å². The standard InChI is InChI=1S/C14H23NO2/c1-3-15-9-14-8-12(11(2)17-14)10-16-13-6-4-5-7-13/h8,13,15H,3-7,9-10H2,1-2H3. The van der Waals surface area contributed by atoms with Crippen molar-refractivity contribution in [1.29, 1.82) is 0 Å². The Morgan fingerprint density at radius 1 is 1.41 bits per heavy atom. The van der Waals surface area contributed by atoms with Gasteiger partial charge in [-0.3, -0.25) is 0 Å². The molecule has 1 aromatic rings. The fourth-order valence-electron chi connectivity index (χ4n) is 2.33. The molecule has 1 aliphatic carbocycles. The Bertz CT molecular complexity index is 340. The van der Waals surface area contributed by atoms with Crippen LogP contribution in [0.3, 0.4) is 0 Å². The van der Waals surface area contributed by atoms with Gasteiger partial charge in [0.25, 0.3) is 0 Å². The summed E-state index contributed by atoms with van der Waals surface area (Å²) < 4.78 is 11.6. The highest BCUT2D eigenvalue weighted by molar-refractivity contribution is 5.20. The van der Waals surface area contributed by atoms with Crippen molar-refractivity contribution in [3.05, 3.63) is 23.2 Å². The predicted octanol–water partition coefficient (Wildman–Crippen LogP) is 3.16. The second-order valence-corrected chi connectivity index (χ2v) is 4.79. The van der Waals surface area contributed by atoms with Gasteiger partial charge in [0.15, 0.2) is 0 Å². The number of furan rings is 1. The van der Waals surface area contributed by atoms with Gasteiger partial charge in [-0.25, -0.2) is 0 Å². The summed E-state index contributed by atoms with van der Waals surface area (Å²) in [5, 5.41) is 3.27. The van der Waals surface area contributed by atoms with Crippen molar-refractivity contribution >= 4 is 0 Å². The van der Waals surface area contributed by atoms with Gasteiger partial charge in [0, 0.05) is 5.56 Å². The number of hydrogen-bond acceptors (Lipinski definition) is 3. The van der Waals surface area contributed by atoms with Crippen LogP contribution in [0.2, 0.25) is 0 Å². The van der Waals surface area contributed by atoms with E-state index in [1.165, 1.54) is 31.2 Å². The van der Waals surface area contributed by atoms with Crippen LogP contribution in [-0.2, 0) is 17.9 Å². The van der Waals surface area contributed by atoms with Crippen LogP contribution in [0.5, 0.6) is 0 Å². The maximum atomic E-state index is 5.91. The molecule has 0 atom stereocenters. The number of aryl methyl sites for hydroxylation is 1. The molecule has 1 heterocycles. The van der Waals surface area contributed by atoms with E-state index in [1.807, 2.05) is 6.92 Å². The van der Waals surface area contributed by atoms with Gasteiger partial charge < -0.3 is 14.5 Å². The molecule has 17 heavy (non-hydrogen) atoms. The third-order valence-electron chi connectivity index (χ3n) is 3.40. The SMILES string of the molecule is CCNCc1cc(COC2CCCC2)c(C)o1. The Hall–Kier alpha value is -0.800. The minimum atomic E-state index is 0.474. The Balaban J connectivity index is 1.84. The van der Waals surface area contributed by atoms with Gasteiger partial charge in [0.1, 0.15) is 11.5 Å². The zero-order chi connectivity index (χ0) is 12.1. The second kappa shape index (κ2) is 6.22. The van der Waals surface area contributed by atoms with Gasteiger partial charge in [0.2, 0.25) is 0 Å². The molecule has 2 rings (SSSR count). The summed E-state index contributed by atoms with van der Waals surface area (Å²) >= 11 is 0. The van der Waals surface area contributed by atoms with Crippen LogP contribution in [-0.4, -0.2) is 12.6 Å². The lowest BCUT2D eigenvalue weighted by atomic mass is 10.2. The van der Waals surface area contributed by atoms with Gasteiger partial charge in [-0.15, -0.1) is 0 Å². The highest BCUT2D eigenvalue weighted by Crippen LogP contribution is 2.23. The van der Waals surface area contributed by atoms with Crippen LogP contribution >= 0.6 is 0 Å². The van der Waals surface area contributed by atoms with Crippen LogP contribution in [0.25, 0.3) is 0 Å². The molecular formula is C14H23NO2. The molecule has 3 nitrogen and oxygen atoms in total. The Morgan fingerprint density at radius 2 is 2.18 bits per heavy atom. The van der Waals surface area contributed by atoms with Crippen molar-refractivity contribution in [3.8, 4) is 0 Å². The molecule has 1 saturated carbocycles. The van der Waals surface area contributed by atoms with E-state index < -0.39 is 0 Å². The zero-order valence-corrected chi connectivity index (χ0v) is 10.9. The molecule has 0 unspecified atom stereocenters. The van der Waals surface area contributed by atoms with E-state index >= 15 is 0 Å². The summed E-state index contributed by atoms with van der Waals surface area (Å²) in [5.74, 6) is 2.00. The second-order valence-electron chi connectivity index (χ2n) is 4.79.